The van der Waals surface area contributed by atoms with Gasteiger partial charge in [0.15, 0.2) is 5.11 Å². The van der Waals surface area contributed by atoms with Crippen LogP contribution in [0.3, 0.4) is 0 Å². The number of morpholine rings is 1. The molecule has 1 aliphatic carbocycles. The zero-order chi connectivity index (χ0) is 24.7. The maximum absolute atomic E-state index is 13.3. The van der Waals surface area contributed by atoms with E-state index in [1.54, 1.807) is 17.9 Å². The predicted octanol–water partition coefficient (Wildman–Crippen LogP) is 1.67. The smallest absolute Gasteiger partial charge is 0.228 e. The van der Waals surface area contributed by atoms with Crippen LogP contribution in [0.5, 0.6) is 0 Å². The van der Waals surface area contributed by atoms with Crippen molar-refractivity contribution < 1.29 is 17.9 Å². The summed E-state index contributed by atoms with van der Waals surface area (Å²) in [5.74, 6) is -0.0976. The van der Waals surface area contributed by atoms with Gasteiger partial charge in [-0.3, -0.25) is 4.90 Å². The number of hydrogen-bond donors (Lipinski definition) is 1. The van der Waals surface area contributed by atoms with Crippen molar-refractivity contribution in [1.82, 2.24) is 24.7 Å². The van der Waals surface area contributed by atoms with E-state index in [0.29, 0.717) is 30.9 Å². The highest BCUT2D eigenvalue weighted by molar-refractivity contribution is 7.90. The molecule has 1 aromatic heterocycles. The standard InChI is InChI=1S/C24H35N5O4S2/c1-32-14-13-29-22(17-25-24(29)35(30,31)19-20-5-3-2-4-6-20)18-28(23(34)26-21-7-8-21)10-9-27-11-15-33-16-12-27/h2-6,17,21H,7-16,18-19H2,1H3,(H,26,34). The van der Waals surface area contributed by atoms with Gasteiger partial charge in [0.05, 0.1) is 44.0 Å². The Morgan fingerprint density at radius 1 is 1.23 bits per heavy atom. The minimum atomic E-state index is -3.64. The molecule has 0 spiro atoms. The topological polar surface area (TPSA) is 88.9 Å². The van der Waals surface area contributed by atoms with Crippen LogP contribution in [-0.2, 0) is 38.2 Å². The van der Waals surface area contributed by atoms with Gasteiger partial charge in [0, 0.05) is 45.9 Å². The van der Waals surface area contributed by atoms with Crippen LogP contribution < -0.4 is 5.32 Å². The van der Waals surface area contributed by atoms with Crippen molar-refractivity contribution in [3.8, 4) is 0 Å². The minimum absolute atomic E-state index is 0.0719. The molecule has 1 aliphatic heterocycles. The first-order valence-corrected chi connectivity index (χ1v) is 14.2. The molecule has 9 nitrogen and oxygen atoms in total. The van der Waals surface area contributed by atoms with Crippen LogP contribution in [0.1, 0.15) is 24.1 Å². The van der Waals surface area contributed by atoms with Crippen LogP contribution in [0.25, 0.3) is 0 Å². The molecule has 2 aromatic rings. The van der Waals surface area contributed by atoms with Crippen LogP contribution in [0.15, 0.2) is 41.7 Å². The number of hydrogen-bond acceptors (Lipinski definition) is 7. The van der Waals surface area contributed by atoms with Gasteiger partial charge in [-0.15, -0.1) is 0 Å². The monoisotopic (exact) mass is 521 g/mol. The fourth-order valence-corrected chi connectivity index (χ4v) is 5.92. The van der Waals surface area contributed by atoms with Gasteiger partial charge in [0.2, 0.25) is 15.0 Å². The largest absolute Gasteiger partial charge is 0.383 e. The lowest BCUT2D eigenvalue weighted by atomic mass is 10.2. The van der Waals surface area contributed by atoms with Gasteiger partial charge in [-0.2, -0.15) is 0 Å². The van der Waals surface area contributed by atoms with Crippen LogP contribution in [0.2, 0.25) is 0 Å². The van der Waals surface area contributed by atoms with Crippen LogP contribution in [0, 0.1) is 0 Å². The molecule has 2 heterocycles. The molecular formula is C24H35N5O4S2. The van der Waals surface area contributed by atoms with E-state index in [1.165, 1.54) is 0 Å². The number of imidazole rings is 1. The number of ether oxygens (including phenoxy) is 2. The highest BCUT2D eigenvalue weighted by Gasteiger charge is 2.27. The number of nitrogens with zero attached hydrogens (tertiary/aromatic N) is 4. The van der Waals surface area contributed by atoms with E-state index in [4.69, 9.17) is 21.7 Å². The lowest BCUT2D eigenvalue weighted by molar-refractivity contribution is 0.0356. The molecule has 0 unspecified atom stereocenters. The molecule has 4 rings (SSSR count). The van der Waals surface area contributed by atoms with E-state index in [9.17, 15) is 8.42 Å². The average Bonchev–Trinajstić information content (AvgIpc) is 3.58. The third-order valence-corrected chi connectivity index (χ3v) is 8.20. The second-order valence-corrected chi connectivity index (χ2v) is 11.3. The Morgan fingerprint density at radius 3 is 2.66 bits per heavy atom. The summed E-state index contributed by atoms with van der Waals surface area (Å²) in [5.41, 5.74) is 1.54. The molecule has 1 aromatic carbocycles. The van der Waals surface area contributed by atoms with E-state index < -0.39 is 9.84 Å². The van der Waals surface area contributed by atoms with Gasteiger partial charge in [0.25, 0.3) is 0 Å². The molecule has 11 heteroatoms. The highest BCUT2D eigenvalue weighted by Crippen LogP contribution is 2.21. The van der Waals surface area contributed by atoms with Crippen molar-refractivity contribution in [1.29, 1.82) is 0 Å². The van der Waals surface area contributed by atoms with Gasteiger partial charge in [-0.05, 0) is 30.6 Å². The molecular weight excluding hydrogens is 486 g/mol. The number of aromatic nitrogens is 2. The first kappa shape index (κ1) is 26.0. The van der Waals surface area contributed by atoms with Crippen molar-refractivity contribution in [3.05, 3.63) is 47.8 Å². The number of thiocarbonyl (C=S) groups is 1. The first-order valence-electron chi connectivity index (χ1n) is 12.1. The molecule has 0 amide bonds. The van der Waals surface area contributed by atoms with Crippen molar-refractivity contribution in [2.45, 2.75) is 42.9 Å². The van der Waals surface area contributed by atoms with Crippen LogP contribution in [-0.4, -0.2) is 92.0 Å². The number of benzene rings is 1. The maximum atomic E-state index is 13.3. The van der Waals surface area contributed by atoms with Crippen molar-refractivity contribution in [2.75, 3.05) is 53.1 Å². The average molecular weight is 522 g/mol. The normalized spacial score (nSPS) is 16.8. The fraction of sp³-hybridized carbons (Fsp3) is 0.583. The van der Waals surface area contributed by atoms with Crippen molar-refractivity contribution >= 4 is 27.2 Å². The van der Waals surface area contributed by atoms with E-state index in [0.717, 1.165) is 63.5 Å². The summed E-state index contributed by atoms with van der Waals surface area (Å²) in [5, 5.41) is 4.21. The summed E-state index contributed by atoms with van der Waals surface area (Å²) < 4.78 is 39.1. The molecule has 0 atom stereocenters. The molecule has 1 saturated heterocycles. The Kier molecular flexibility index (Phi) is 9.12. The molecule has 2 fully saturated rings. The van der Waals surface area contributed by atoms with E-state index in [-0.39, 0.29) is 10.9 Å². The summed E-state index contributed by atoms with van der Waals surface area (Å²) in [6.07, 6.45) is 3.92. The van der Waals surface area contributed by atoms with Gasteiger partial charge in [-0.25, -0.2) is 13.4 Å². The highest BCUT2D eigenvalue weighted by atomic mass is 32.2. The Morgan fingerprint density at radius 2 is 1.97 bits per heavy atom. The lowest BCUT2D eigenvalue weighted by Crippen LogP contribution is -2.46. The summed E-state index contributed by atoms with van der Waals surface area (Å²) in [6, 6.07) is 9.63. The Hall–Kier alpha value is -2.05. The van der Waals surface area contributed by atoms with Gasteiger partial charge < -0.3 is 24.3 Å². The summed E-state index contributed by atoms with van der Waals surface area (Å²) >= 11 is 5.75. The first-order chi connectivity index (χ1) is 17.0. The zero-order valence-corrected chi connectivity index (χ0v) is 21.9. The SMILES string of the molecule is COCCn1c(CN(CCN2CCOCC2)C(=S)NC2CC2)cnc1S(=O)(=O)Cc1ccccc1. The van der Waals surface area contributed by atoms with Crippen molar-refractivity contribution in [3.63, 3.8) is 0 Å². The third kappa shape index (κ3) is 7.47. The summed E-state index contributed by atoms with van der Waals surface area (Å²) in [7, 11) is -2.03. The maximum Gasteiger partial charge on any atom is 0.228 e. The molecule has 1 N–H and O–H groups in total. The number of nitrogens with one attached hydrogen (secondary N) is 1. The zero-order valence-electron chi connectivity index (χ0n) is 20.3. The molecule has 1 saturated carbocycles. The Balaban J connectivity index is 1.54. The lowest BCUT2D eigenvalue weighted by Gasteiger charge is -2.31. The van der Waals surface area contributed by atoms with Gasteiger partial charge in [0.1, 0.15) is 0 Å². The Bertz CT molecular complexity index is 1070. The quantitative estimate of drug-likeness (QED) is 0.419. The van der Waals surface area contributed by atoms with E-state index in [1.807, 2.05) is 30.3 Å². The van der Waals surface area contributed by atoms with Crippen LogP contribution >= 0.6 is 12.2 Å². The van der Waals surface area contributed by atoms with E-state index in [2.05, 4.69) is 20.1 Å². The number of sulfone groups is 1. The van der Waals surface area contributed by atoms with Gasteiger partial charge >= 0.3 is 0 Å². The van der Waals surface area contributed by atoms with E-state index >= 15 is 0 Å². The second kappa shape index (κ2) is 12.3. The van der Waals surface area contributed by atoms with Gasteiger partial charge in [-0.1, -0.05) is 30.3 Å². The molecule has 2 aliphatic rings. The fourth-order valence-electron chi connectivity index (χ4n) is 4.07. The predicted molar refractivity (Wildman–Crippen MR) is 138 cm³/mol. The Labute approximate surface area is 213 Å². The number of methoxy groups -OCH3 is 1. The molecule has 0 bridgehead atoms. The second-order valence-electron chi connectivity index (χ2n) is 9.02. The summed E-state index contributed by atoms with van der Waals surface area (Å²) in [6.45, 7) is 6.16. The molecule has 0 radical (unpaired) electrons. The molecule has 192 valence electrons. The number of rotatable bonds is 12. The third-order valence-electron chi connectivity index (χ3n) is 6.23. The minimum Gasteiger partial charge on any atom is -0.383 e. The summed E-state index contributed by atoms with van der Waals surface area (Å²) in [4.78, 5) is 8.87. The molecule has 35 heavy (non-hydrogen) atoms. The van der Waals surface area contributed by atoms with Crippen molar-refractivity contribution in [2.24, 2.45) is 0 Å². The van der Waals surface area contributed by atoms with Crippen LogP contribution in [0.4, 0.5) is 0 Å².